The van der Waals surface area contributed by atoms with Crippen molar-refractivity contribution in [2.75, 3.05) is 5.32 Å². The van der Waals surface area contributed by atoms with Gasteiger partial charge in [0, 0.05) is 12.1 Å². The van der Waals surface area contributed by atoms with Crippen molar-refractivity contribution in [1.29, 1.82) is 0 Å². The predicted molar refractivity (Wildman–Crippen MR) is 66.0 cm³/mol. The Morgan fingerprint density at radius 1 is 1.07 bits per heavy atom. The van der Waals surface area contributed by atoms with E-state index in [1.165, 1.54) is 11.3 Å². The molecule has 0 aliphatic rings. The number of hydrogen-bond acceptors (Lipinski definition) is 3. The van der Waals surface area contributed by atoms with Crippen molar-refractivity contribution in [1.82, 2.24) is 0 Å². The first-order chi connectivity index (χ1) is 6.77. The van der Waals surface area contributed by atoms with E-state index in [0.717, 1.165) is 26.5 Å². The van der Waals surface area contributed by atoms with Gasteiger partial charge in [0.05, 0.1) is 10.0 Å². The summed E-state index contributed by atoms with van der Waals surface area (Å²) in [6.45, 7) is 0.721. The van der Waals surface area contributed by atoms with Gasteiger partial charge >= 0.3 is 0 Å². The lowest BCUT2D eigenvalue weighted by atomic mass is 10.3. The van der Waals surface area contributed by atoms with Crippen molar-refractivity contribution in [2.45, 2.75) is 6.54 Å². The van der Waals surface area contributed by atoms with E-state index in [0.29, 0.717) is 0 Å². The maximum Gasteiger partial charge on any atom is 0.116 e. The summed E-state index contributed by atoms with van der Waals surface area (Å²) in [5.41, 5.74) is 2.08. The van der Waals surface area contributed by atoms with Crippen LogP contribution in [0.3, 0.4) is 0 Å². The topological polar surface area (TPSA) is 12.0 Å². The highest BCUT2D eigenvalue weighted by molar-refractivity contribution is 7.15. The average Bonchev–Trinajstić information content (AvgIpc) is 2.72. The lowest BCUT2D eigenvalue weighted by Gasteiger charge is -2.03. The van der Waals surface area contributed by atoms with Crippen LogP contribution in [0.4, 0.5) is 5.69 Å². The van der Waals surface area contributed by atoms with Crippen LogP contribution in [0.25, 0.3) is 0 Å². The molecule has 0 unspecified atom stereocenters. The molecule has 0 saturated heterocycles. The second-order valence-corrected chi connectivity index (χ2v) is 5.72. The van der Waals surface area contributed by atoms with E-state index in [1.54, 1.807) is 11.3 Å². The molecule has 2 heterocycles. The Hall–Kier alpha value is -0.220. The third-order valence-electron chi connectivity index (χ3n) is 1.78. The Morgan fingerprint density at radius 3 is 2.36 bits per heavy atom. The fraction of sp³-hybridized carbons (Fsp3) is 0.111. The lowest BCUT2D eigenvalue weighted by Crippen LogP contribution is -1.97. The molecule has 0 aliphatic heterocycles. The molecule has 0 aliphatic carbocycles. The summed E-state index contributed by atoms with van der Waals surface area (Å²) < 4.78 is 1.63. The minimum Gasteiger partial charge on any atom is -0.379 e. The van der Waals surface area contributed by atoms with Crippen molar-refractivity contribution in [3.8, 4) is 0 Å². The van der Waals surface area contributed by atoms with Crippen LogP contribution in [0.2, 0.25) is 8.67 Å². The maximum atomic E-state index is 5.97. The lowest BCUT2D eigenvalue weighted by molar-refractivity contribution is 1.17. The van der Waals surface area contributed by atoms with Crippen molar-refractivity contribution in [2.24, 2.45) is 0 Å². The van der Waals surface area contributed by atoms with Gasteiger partial charge in [0.1, 0.15) is 4.34 Å². The molecule has 2 rings (SSSR count). The quantitative estimate of drug-likeness (QED) is 0.845. The molecule has 0 spiro atoms. The van der Waals surface area contributed by atoms with E-state index in [2.05, 4.69) is 5.32 Å². The van der Waals surface area contributed by atoms with Crippen LogP contribution in [-0.2, 0) is 6.54 Å². The van der Waals surface area contributed by atoms with Gasteiger partial charge in [-0.1, -0.05) is 23.2 Å². The minimum absolute atomic E-state index is 0.721. The zero-order valence-corrected chi connectivity index (χ0v) is 10.2. The third-order valence-corrected chi connectivity index (χ3v) is 4.20. The molecule has 1 N–H and O–H groups in total. The van der Waals surface area contributed by atoms with E-state index in [-0.39, 0.29) is 0 Å². The summed E-state index contributed by atoms with van der Waals surface area (Å²) in [5.74, 6) is 0. The molecule has 1 nitrogen and oxygen atoms in total. The van der Waals surface area contributed by atoms with Crippen LogP contribution in [0.5, 0.6) is 0 Å². The van der Waals surface area contributed by atoms with Gasteiger partial charge < -0.3 is 5.32 Å². The van der Waals surface area contributed by atoms with E-state index in [9.17, 15) is 0 Å². The number of anilines is 1. The summed E-state index contributed by atoms with van der Waals surface area (Å²) in [4.78, 5) is 0. The van der Waals surface area contributed by atoms with Crippen LogP contribution in [-0.4, -0.2) is 0 Å². The van der Waals surface area contributed by atoms with Gasteiger partial charge in [0.25, 0.3) is 0 Å². The van der Waals surface area contributed by atoms with Crippen LogP contribution < -0.4 is 5.32 Å². The largest absolute Gasteiger partial charge is 0.379 e. The molecule has 5 heteroatoms. The van der Waals surface area contributed by atoms with Crippen molar-refractivity contribution in [3.05, 3.63) is 37.1 Å². The predicted octanol–water partition coefficient (Wildman–Crippen LogP) is 4.73. The highest BCUT2D eigenvalue weighted by Crippen LogP contribution is 2.29. The second kappa shape index (κ2) is 4.53. The van der Waals surface area contributed by atoms with Crippen molar-refractivity contribution >= 4 is 51.6 Å². The van der Waals surface area contributed by atoms with Crippen LogP contribution in [0.15, 0.2) is 22.9 Å². The Bertz CT molecular complexity index is 382. The fourth-order valence-electron chi connectivity index (χ4n) is 1.06. The molecule has 0 bridgehead atoms. The van der Waals surface area contributed by atoms with E-state index < -0.39 is 0 Å². The molecule has 0 saturated carbocycles. The number of rotatable bonds is 3. The van der Waals surface area contributed by atoms with Gasteiger partial charge in [-0.3, -0.25) is 0 Å². The SMILES string of the molecule is Clc1sccc1CNc1ccsc1Cl. The summed E-state index contributed by atoms with van der Waals surface area (Å²) in [6.07, 6.45) is 0. The summed E-state index contributed by atoms with van der Waals surface area (Å²) >= 11 is 15.0. The molecule has 2 aromatic rings. The normalized spacial score (nSPS) is 10.4. The molecule has 2 aromatic heterocycles. The number of nitrogens with one attached hydrogen (secondary N) is 1. The zero-order chi connectivity index (χ0) is 9.97. The van der Waals surface area contributed by atoms with E-state index >= 15 is 0 Å². The fourth-order valence-corrected chi connectivity index (χ4v) is 2.86. The molecule has 74 valence electrons. The molecule has 0 radical (unpaired) electrons. The van der Waals surface area contributed by atoms with Gasteiger partial charge in [-0.2, -0.15) is 0 Å². The Kier molecular flexibility index (Phi) is 3.34. The number of halogens is 2. The summed E-state index contributed by atoms with van der Waals surface area (Å²) in [7, 11) is 0. The van der Waals surface area contributed by atoms with Gasteiger partial charge in [-0.25, -0.2) is 0 Å². The van der Waals surface area contributed by atoms with Gasteiger partial charge in [0.15, 0.2) is 0 Å². The Balaban J connectivity index is 2.02. The highest BCUT2D eigenvalue weighted by Gasteiger charge is 2.03. The van der Waals surface area contributed by atoms with E-state index in [1.807, 2.05) is 22.9 Å². The standard InChI is InChI=1S/C9H7Cl2NS2/c10-8-6(1-3-13-8)5-12-7-2-4-14-9(7)11/h1-4,12H,5H2. The molecule has 14 heavy (non-hydrogen) atoms. The smallest absolute Gasteiger partial charge is 0.116 e. The van der Waals surface area contributed by atoms with Gasteiger partial charge in [-0.05, 0) is 22.9 Å². The Morgan fingerprint density at radius 2 is 1.79 bits per heavy atom. The minimum atomic E-state index is 0.721. The van der Waals surface area contributed by atoms with Gasteiger partial charge in [-0.15, -0.1) is 22.7 Å². The molecule has 0 fully saturated rings. The van der Waals surface area contributed by atoms with Crippen LogP contribution in [0, 0.1) is 0 Å². The first kappa shape index (κ1) is 10.3. The molecule has 0 aromatic carbocycles. The average molecular weight is 264 g/mol. The third kappa shape index (κ3) is 2.23. The molecular formula is C9H7Cl2NS2. The van der Waals surface area contributed by atoms with Crippen molar-refractivity contribution in [3.63, 3.8) is 0 Å². The maximum absolute atomic E-state index is 5.97. The van der Waals surface area contributed by atoms with Crippen molar-refractivity contribution < 1.29 is 0 Å². The number of hydrogen-bond donors (Lipinski definition) is 1. The Labute approximate surface area is 100 Å². The highest BCUT2D eigenvalue weighted by atomic mass is 35.5. The summed E-state index contributed by atoms with van der Waals surface area (Å²) in [6, 6.07) is 3.98. The first-order valence-electron chi connectivity index (χ1n) is 3.96. The van der Waals surface area contributed by atoms with Gasteiger partial charge in [0.2, 0.25) is 0 Å². The molecular weight excluding hydrogens is 257 g/mol. The van der Waals surface area contributed by atoms with Crippen LogP contribution in [0.1, 0.15) is 5.56 Å². The zero-order valence-electron chi connectivity index (χ0n) is 7.09. The van der Waals surface area contributed by atoms with E-state index in [4.69, 9.17) is 23.2 Å². The number of thiophene rings is 2. The monoisotopic (exact) mass is 263 g/mol. The summed E-state index contributed by atoms with van der Waals surface area (Å²) in [5, 5.41) is 7.18. The second-order valence-electron chi connectivity index (χ2n) is 2.68. The molecule has 0 atom stereocenters. The van der Waals surface area contributed by atoms with Crippen LogP contribution >= 0.6 is 45.9 Å². The first-order valence-corrected chi connectivity index (χ1v) is 6.47. The molecule has 0 amide bonds.